The Morgan fingerprint density at radius 3 is 2.22 bits per heavy atom. The smallest absolute Gasteiger partial charge is 0.0552 e. The van der Waals surface area contributed by atoms with E-state index in [0.29, 0.717) is 0 Å². The van der Waals surface area contributed by atoms with Gasteiger partial charge in [0.2, 0.25) is 0 Å². The number of halogens is 1. The molecule has 2 heteroatoms. The molecule has 0 saturated heterocycles. The maximum atomic E-state index is 6.27. The van der Waals surface area contributed by atoms with Crippen LogP contribution in [0.15, 0.2) is 42.5 Å². The van der Waals surface area contributed by atoms with Crippen molar-refractivity contribution in [2.24, 2.45) is 5.73 Å². The monoisotopic (exact) mass is 259 g/mol. The van der Waals surface area contributed by atoms with Crippen molar-refractivity contribution < 1.29 is 0 Å². The Morgan fingerprint density at radius 1 is 1.06 bits per heavy atom. The highest BCUT2D eigenvalue weighted by atomic mass is 35.5. The maximum absolute atomic E-state index is 6.27. The molecule has 2 N–H and O–H groups in total. The lowest BCUT2D eigenvalue weighted by Gasteiger charge is -2.14. The summed E-state index contributed by atoms with van der Waals surface area (Å²) in [5, 5.41) is 0.771. The zero-order valence-corrected chi connectivity index (χ0v) is 11.5. The average molecular weight is 260 g/mol. The standard InChI is InChI=1S/C16H18ClN/c1-3-12-5-8-13(9-6-12)16(18)14-7-4-11(2)15(17)10-14/h4-10,16H,3,18H2,1-2H3. The minimum atomic E-state index is -0.117. The van der Waals surface area contributed by atoms with E-state index >= 15 is 0 Å². The quantitative estimate of drug-likeness (QED) is 0.876. The van der Waals surface area contributed by atoms with Gasteiger partial charge in [-0.15, -0.1) is 0 Å². The number of aryl methyl sites for hydroxylation is 2. The largest absolute Gasteiger partial charge is 0.320 e. The third-order valence-electron chi connectivity index (χ3n) is 3.30. The van der Waals surface area contributed by atoms with E-state index in [1.807, 2.05) is 25.1 Å². The highest BCUT2D eigenvalue weighted by Crippen LogP contribution is 2.24. The SMILES string of the molecule is CCc1ccc(C(N)c2ccc(C)c(Cl)c2)cc1. The lowest BCUT2D eigenvalue weighted by molar-refractivity contribution is 0.869. The second-order valence-corrected chi connectivity index (χ2v) is 4.99. The average Bonchev–Trinajstić information content (AvgIpc) is 2.41. The van der Waals surface area contributed by atoms with Crippen molar-refractivity contribution in [1.29, 1.82) is 0 Å². The first kappa shape index (κ1) is 13.1. The molecule has 0 spiro atoms. The predicted molar refractivity (Wildman–Crippen MR) is 78.0 cm³/mol. The minimum Gasteiger partial charge on any atom is -0.320 e. The summed E-state index contributed by atoms with van der Waals surface area (Å²) in [5.74, 6) is 0. The van der Waals surface area contributed by atoms with E-state index in [9.17, 15) is 0 Å². The van der Waals surface area contributed by atoms with Crippen LogP contribution in [0, 0.1) is 6.92 Å². The second-order valence-electron chi connectivity index (χ2n) is 4.58. The van der Waals surface area contributed by atoms with Gasteiger partial charge in [-0.05, 0) is 41.7 Å². The highest BCUT2D eigenvalue weighted by molar-refractivity contribution is 6.31. The van der Waals surface area contributed by atoms with Crippen LogP contribution in [0.2, 0.25) is 5.02 Å². The van der Waals surface area contributed by atoms with Crippen molar-refractivity contribution in [2.75, 3.05) is 0 Å². The second kappa shape index (κ2) is 5.55. The van der Waals surface area contributed by atoms with Crippen LogP contribution in [-0.4, -0.2) is 0 Å². The summed E-state index contributed by atoms with van der Waals surface area (Å²) in [6, 6.07) is 14.3. The summed E-state index contributed by atoms with van der Waals surface area (Å²) >= 11 is 6.14. The Morgan fingerprint density at radius 2 is 1.67 bits per heavy atom. The molecule has 0 amide bonds. The lowest BCUT2D eigenvalue weighted by atomic mass is 9.97. The van der Waals surface area contributed by atoms with Gasteiger partial charge in [-0.2, -0.15) is 0 Å². The van der Waals surface area contributed by atoms with Crippen molar-refractivity contribution >= 4 is 11.6 Å². The summed E-state index contributed by atoms with van der Waals surface area (Å²) in [6.07, 6.45) is 1.05. The molecule has 2 rings (SSSR count). The Labute approximate surface area is 114 Å². The van der Waals surface area contributed by atoms with Crippen molar-refractivity contribution in [1.82, 2.24) is 0 Å². The molecule has 94 valence electrons. The molecule has 18 heavy (non-hydrogen) atoms. The molecule has 0 fully saturated rings. The molecule has 0 radical (unpaired) electrons. The third kappa shape index (κ3) is 2.74. The summed E-state index contributed by atoms with van der Waals surface area (Å²) in [5.41, 5.74) is 10.8. The van der Waals surface area contributed by atoms with Crippen LogP contribution in [-0.2, 0) is 6.42 Å². The zero-order valence-electron chi connectivity index (χ0n) is 10.8. The van der Waals surface area contributed by atoms with Crippen LogP contribution in [0.1, 0.15) is 35.2 Å². The van der Waals surface area contributed by atoms with Gasteiger partial charge in [-0.1, -0.05) is 54.9 Å². The topological polar surface area (TPSA) is 26.0 Å². The van der Waals surface area contributed by atoms with Gasteiger partial charge in [0.1, 0.15) is 0 Å². The van der Waals surface area contributed by atoms with Crippen molar-refractivity contribution in [3.63, 3.8) is 0 Å². The van der Waals surface area contributed by atoms with Crippen LogP contribution >= 0.6 is 11.6 Å². The van der Waals surface area contributed by atoms with E-state index < -0.39 is 0 Å². The minimum absolute atomic E-state index is 0.117. The van der Waals surface area contributed by atoms with Crippen LogP contribution in [0.4, 0.5) is 0 Å². The van der Waals surface area contributed by atoms with E-state index in [-0.39, 0.29) is 6.04 Å². The van der Waals surface area contributed by atoms with Gasteiger partial charge in [-0.25, -0.2) is 0 Å². The first-order valence-corrected chi connectivity index (χ1v) is 6.60. The molecule has 2 aromatic rings. The third-order valence-corrected chi connectivity index (χ3v) is 3.71. The highest BCUT2D eigenvalue weighted by Gasteiger charge is 2.09. The predicted octanol–water partition coefficient (Wildman–Crippen LogP) is 4.26. The summed E-state index contributed by atoms with van der Waals surface area (Å²) < 4.78 is 0. The molecule has 0 bridgehead atoms. The molecule has 1 unspecified atom stereocenters. The normalized spacial score (nSPS) is 12.4. The van der Waals surface area contributed by atoms with Crippen molar-refractivity contribution in [3.05, 3.63) is 69.7 Å². The molecule has 2 aromatic carbocycles. The fraction of sp³-hybridized carbons (Fsp3) is 0.250. The first-order valence-electron chi connectivity index (χ1n) is 6.22. The molecule has 0 aromatic heterocycles. The fourth-order valence-corrected chi connectivity index (χ4v) is 2.14. The fourth-order valence-electron chi connectivity index (χ4n) is 1.96. The van der Waals surface area contributed by atoms with Crippen LogP contribution in [0.5, 0.6) is 0 Å². The summed E-state index contributed by atoms with van der Waals surface area (Å²) in [7, 11) is 0. The van der Waals surface area contributed by atoms with Gasteiger partial charge in [0.25, 0.3) is 0 Å². The number of nitrogens with two attached hydrogens (primary N) is 1. The molecule has 0 aliphatic carbocycles. The Kier molecular flexibility index (Phi) is 4.05. The van der Waals surface area contributed by atoms with Crippen LogP contribution in [0.3, 0.4) is 0 Å². The van der Waals surface area contributed by atoms with E-state index in [2.05, 4.69) is 31.2 Å². The Hall–Kier alpha value is -1.31. The zero-order chi connectivity index (χ0) is 13.1. The molecular weight excluding hydrogens is 242 g/mol. The van der Waals surface area contributed by atoms with Crippen LogP contribution < -0.4 is 5.73 Å². The lowest BCUT2D eigenvalue weighted by Crippen LogP contribution is -2.11. The summed E-state index contributed by atoms with van der Waals surface area (Å²) in [4.78, 5) is 0. The van der Waals surface area contributed by atoms with Gasteiger partial charge < -0.3 is 5.73 Å². The van der Waals surface area contributed by atoms with Crippen LogP contribution in [0.25, 0.3) is 0 Å². The van der Waals surface area contributed by atoms with Gasteiger partial charge in [0, 0.05) is 5.02 Å². The Balaban J connectivity index is 2.28. The molecule has 1 nitrogen and oxygen atoms in total. The molecule has 0 heterocycles. The van der Waals surface area contributed by atoms with E-state index in [1.165, 1.54) is 5.56 Å². The molecular formula is C16H18ClN. The van der Waals surface area contributed by atoms with Crippen molar-refractivity contribution in [2.45, 2.75) is 26.3 Å². The number of benzene rings is 2. The first-order chi connectivity index (χ1) is 8.61. The Bertz CT molecular complexity index is 531. The molecule has 1 atom stereocenters. The maximum Gasteiger partial charge on any atom is 0.0552 e. The molecule has 0 aliphatic heterocycles. The number of hydrogen-bond donors (Lipinski definition) is 1. The van der Waals surface area contributed by atoms with Gasteiger partial charge in [-0.3, -0.25) is 0 Å². The summed E-state index contributed by atoms with van der Waals surface area (Å²) in [6.45, 7) is 4.14. The number of hydrogen-bond acceptors (Lipinski definition) is 1. The van der Waals surface area contributed by atoms with E-state index in [0.717, 1.165) is 28.1 Å². The van der Waals surface area contributed by atoms with Crippen molar-refractivity contribution in [3.8, 4) is 0 Å². The van der Waals surface area contributed by atoms with E-state index in [1.54, 1.807) is 0 Å². The molecule has 0 saturated carbocycles. The van der Waals surface area contributed by atoms with Gasteiger partial charge in [0.05, 0.1) is 6.04 Å². The van der Waals surface area contributed by atoms with Gasteiger partial charge in [0.15, 0.2) is 0 Å². The number of rotatable bonds is 3. The molecule has 0 aliphatic rings. The van der Waals surface area contributed by atoms with E-state index in [4.69, 9.17) is 17.3 Å². The van der Waals surface area contributed by atoms with Gasteiger partial charge >= 0.3 is 0 Å².